The van der Waals surface area contributed by atoms with Crippen LogP contribution in [0.4, 0.5) is 13.2 Å². The summed E-state index contributed by atoms with van der Waals surface area (Å²) in [5.74, 6) is 0.409. The zero-order valence-corrected chi connectivity index (χ0v) is 9.01. The SMILES string of the molecule is CC1CC(N)(c2ccccc2C(F)(F)F)C1. The molecule has 0 spiro atoms. The first kappa shape index (κ1) is 11.5. The molecule has 0 bridgehead atoms. The van der Waals surface area contributed by atoms with Gasteiger partial charge < -0.3 is 5.73 Å². The summed E-state index contributed by atoms with van der Waals surface area (Å²) in [5.41, 5.74) is 4.87. The fraction of sp³-hybridized carbons (Fsp3) is 0.500. The molecule has 1 aromatic carbocycles. The van der Waals surface area contributed by atoms with E-state index >= 15 is 0 Å². The van der Waals surface area contributed by atoms with Gasteiger partial charge in [0.25, 0.3) is 0 Å². The number of alkyl halides is 3. The molecule has 1 aliphatic carbocycles. The van der Waals surface area contributed by atoms with E-state index in [1.807, 2.05) is 6.92 Å². The highest BCUT2D eigenvalue weighted by Gasteiger charge is 2.45. The van der Waals surface area contributed by atoms with Crippen molar-refractivity contribution in [2.45, 2.75) is 31.5 Å². The standard InChI is InChI=1S/C12H14F3N/c1-8-6-11(16,7-8)9-4-2-3-5-10(9)12(13,14)15/h2-5,8H,6-7,16H2,1H3. The van der Waals surface area contributed by atoms with Crippen LogP contribution in [0.5, 0.6) is 0 Å². The van der Waals surface area contributed by atoms with E-state index < -0.39 is 17.3 Å². The molecule has 2 N–H and O–H groups in total. The minimum absolute atomic E-state index is 0.237. The Morgan fingerprint density at radius 1 is 1.25 bits per heavy atom. The van der Waals surface area contributed by atoms with Gasteiger partial charge in [-0.15, -0.1) is 0 Å². The maximum absolute atomic E-state index is 12.8. The van der Waals surface area contributed by atoms with Crippen LogP contribution < -0.4 is 5.73 Å². The molecule has 1 fully saturated rings. The first-order valence-electron chi connectivity index (χ1n) is 5.28. The summed E-state index contributed by atoms with van der Waals surface area (Å²) in [5, 5.41) is 0. The zero-order valence-electron chi connectivity index (χ0n) is 9.01. The Balaban J connectivity index is 2.42. The maximum Gasteiger partial charge on any atom is 0.416 e. The fourth-order valence-electron chi connectivity index (χ4n) is 2.57. The highest BCUT2D eigenvalue weighted by molar-refractivity contribution is 5.37. The van der Waals surface area contributed by atoms with Crippen molar-refractivity contribution in [2.75, 3.05) is 0 Å². The van der Waals surface area contributed by atoms with Crippen molar-refractivity contribution in [3.05, 3.63) is 35.4 Å². The smallest absolute Gasteiger partial charge is 0.321 e. The quantitative estimate of drug-likeness (QED) is 0.785. The predicted octanol–water partition coefficient (Wildman–Crippen LogP) is 3.29. The van der Waals surface area contributed by atoms with Crippen molar-refractivity contribution in [3.63, 3.8) is 0 Å². The monoisotopic (exact) mass is 229 g/mol. The van der Waals surface area contributed by atoms with E-state index in [9.17, 15) is 13.2 Å². The van der Waals surface area contributed by atoms with Gasteiger partial charge in [0.15, 0.2) is 0 Å². The first-order chi connectivity index (χ1) is 7.33. The summed E-state index contributed by atoms with van der Waals surface area (Å²) in [6.07, 6.45) is -3.07. The predicted molar refractivity (Wildman–Crippen MR) is 55.7 cm³/mol. The van der Waals surface area contributed by atoms with Gasteiger partial charge in [-0.2, -0.15) is 13.2 Å². The minimum Gasteiger partial charge on any atom is -0.321 e. The molecule has 0 aromatic heterocycles. The lowest BCUT2D eigenvalue weighted by Gasteiger charge is -2.45. The van der Waals surface area contributed by atoms with E-state index in [0.717, 1.165) is 6.07 Å². The molecule has 1 aromatic rings. The molecule has 0 radical (unpaired) electrons. The number of rotatable bonds is 1. The third-order valence-electron chi connectivity index (χ3n) is 3.19. The van der Waals surface area contributed by atoms with Crippen LogP contribution in [0.2, 0.25) is 0 Å². The van der Waals surface area contributed by atoms with Gasteiger partial charge in [0.1, 0.15) is 0 Å². The second kappa shape index (κ2) is 3.48. The molecule has 0 saturated heterocycles. The van der Waals surface area contributed by atoms with Crippen molar-refractivity contribution >= 4 is 0 Å². The van der Waals surface area contributed by atoms with Gasteiger partial charge in [-0.1, -0.05) is 25.1 Å². The van der Waals surface area contributed by atoms with Crippen molar-refractivity contribution in [1.82, 2.24) is 0 Å². The van der Waals surface area contributed by atoms with Gasteiger partial charge in [0.05, 0.1) is 5.56 Å². The molecule has 1 aliphatic rings. The second-order valence-electron chi connectivity index (χ2n) is 4.71. The van der Waals surface area contributed by atoms with Crippen LogP contribution in [-0.4, -0.2) is 0 Å². The molecule has 0 amide bonds. The summed E-state index contributed by atoms with van der Waals surface area (Å²) in [6.45, 7) is 2.00. The Bertz CT molecular complexity index is 391. The number of halogens is 3. The van der Waals surface area contributed by atoms with Crippen molar-refractivity contribution in [2.24, 2.45) is 11.7 Å². The molecule has 0 unspecified atom stereocenters. The number of nitrogens with two attached hydrogens (primary N) is 1. The molecular weight excluding hydrogens is 215 g/mol. The van der Waals surface area contributed by atoms with E-state index in [1.54, 1.807) is 6.07 Å². The Hall–Kier alpha value is -1.03. The summed E-state index contributed by atoms with van der Waals surface area (Å²) in [6, 6.07) is 5.61. The van der Waals surface area contributed by atoms with Crippen molar-refractivity contribution < 1.29 is 13.2 Å². The summed E-state index contributed by atoms with van der Waals surface area (Å²) in [4.78, 5) is 0. The van der Waals surface area contributed by atoms with Crippen LogP contribution >= 0.6 is 0 Å². The summed E-state index contributed by atoms with van der Waals surface area (Å²) >= 11 is 0. The van der Waals surface area contributed by atoms with Gasteiger partial charge in [0.2, 0.25) is 0 Å². The van der Waals surface area contributed by atoms with Crippen LogP contribution in [0, 0.1) is 5.92 Å². The maximum atomic E-state index is 12.8. The Kier molecular flexibility index (Phi) is 2.49. The molecule has 1 nitrogen and oxygen atoms in total. The molecule has 2 rings (SSSR count). The lowest BCUT2D eigenvalue weighted by molar-refractivity contribution is -0.139. The van der Waals surface area contributed by atoms with E-state index in [4.69, 9.17) is 5.73 Å². The highest BCUT2D eigenvalue weighted by Crippen LogP contribution is 2.47. The molecule has 0 atom stereocenters. The number of hydrogen-bond acceptors (Lipinski definition) is 1. The van der Waals surface area contributed by atoms with E-state index in [2.05, 4.69) is 0 Å². The topological polar surface area (TPSA) is 26.0 Å². The van der Waals surface area contributed by atoms with Crippen LogP contribution in [0.3, 0.4) is 0 Å². The van der Waals surface area contributed by atoms with E-state index in [-0.39, 0.29) is 5.56 Å². The number of hydrogen-bond donors (Lipinski definition) is 1. The van der Waals surface area contributed by atoms with Crippen LogP contribution in [0.1, 0.15) is 30.9 Å². The third-order valence-corrected chi connectivity index (χ3v) is 3.19. The Labute approximate surface area is 92.5 Å². The first-order valence-corrected chi connectivity index (χ1v) is 5.28. The number of benzene rings is 1. The van der Waals surface area contributed by atoms with Gasteiger partial charge in [-0.3, -0.25) is 0 Å². The van der Waals surface area contributed by atoms with E-state index in [1.165, 1.54) is 12.1 Å². The second-order valence-corrected chi connectivity index (χ2v) is 4.71. The summed E-state index contributed by atoms with van der Waals surface area (Å²) in [7, 11) is 0. The summed E-state index contributed by atoms with van der Waals surface area (Å²) < 4.78 is 38.3. The lowest BCUT2D eigenvalue weighted by atomic mass is 9.65. The average Bonchev–Trinajstić information content (AvgIpc) is 2.14. The van der Waals surface area contributed by atoms with Gasteiger partial charge in [-0.25, -0.2) is 0 Å². The molecule has 4 heteroatoms. The average molecular weight is 229 g/mol. The normalized spacial score (nSPS) is 29.9. The molecule has 0 aliphatic heterocycles. The van der Waals surface area contributed by atoms with Crippen LogP contribution in [-0.2, 0) is 11.7 Å². The van der Waals surface area contributed by atoms with Gasteiger partial charge in [-0.05, 0) is 30.4 Å². The Morgan fingerprint density at radius 2 is 1.81 bits per heavy atom. The van der Waals surface area contributed by atoms with Gasteiger partial charge in [0, 0.05) is 5.54 Å². The largest absolute Gasteiger partial charge is 0.416 e. The molecule has 1 saturated carbocycles. The van der Waals surface area contributed by atoms with Gasteiger partial charge >= 0.3 is 6.18 Å². The molecule has 88 valence electrons. The lowest BCUT2D eigenvalue weighted by Crippen LogP contribution is -2.49. The Morgan fingerprint density at radius 3 is 2.31 bits per heavy atom. The molecular formula is C12H14F3N. The molecule has 0 heterocycles. The van der Waals surface area contributed by atoms with Crippen LogP contribution in [0.25, 0.3) is 0 Å². The fourth-order valence-corrected chi connectivity index (χ4v) is 2.57. The van der Waals surface area contributed by atoms with E-state index in [0.29, 0.717) is 18.8 Å². The van der Waals surface area contributed by atoms with Crippen molar-refractivity contribution in [3.8, 4) is 0 Å². The molecule has 16 heavy (non-hydrogen) atoms. The minimum atomic E-state index is -4.32. The zero-order chi connectivity index (χ0) is 12.0. The highest BCUT2D eigenvalue weighted by atomic mass is 19.4. The third kappa shape index (κ3) is 1.82. The van der Waals surface area contributed by atoms with Crippen molar-refractivity contribution in [1.29, 1.82) is 0 Å². The van der Waals surface area contributed by atoms with Crippen LogP contribution in [0.15, 0.2) is 24.3 Å².